The number of aromatic nitrogens is 1. The molecule has 0 saturated carbocycles. The highest BCUT2D eigenvalue weighted by Crippen LogP contribution is 2.54. The Balaban J connectivity index is 1.40. The summed E-state index contributed by atoms with van der Waals surface area (Å²) in [7, 11) is 0. The Morgan fingerprint density at radius 1 is 0.950 bits per heavy atom. The number of fused-ring (bicyclic) bond motifs is 2. The molecule has 2 aliphatic rings. The number of nitrogens with one attached hydrogen (secondary N) is 1. The number of anilines is 2. The zero-order valence-electron chi connectivity index (χ0n) is 20.4. The molecule has 3 heterocycles. The fraction of sp³-hybridized carbons (Fsp3) is 0.143. The minimum atomic E-state index is -0.831. The number of carbonyl (C=O) groups excluding carboxylic acids is 3. The van der Waals surface area contributed by atoms with E-state index in [2.05, 4.69) is 21.2 Å². The number of hydrogen-bond donors (Lipinski definition) is 2. The number of nitrogens with zero attached hydrogens (tertiary/aromatic N) is 2. The molecular weight excluding hydrogens is 621 g/mol. The van der Waals surface area contributed by atoms with E-state index in [-0.39, 0.29) is 18.2 Å². The summed E-state index contributed by atoms with van der Waals surface area (Å²) in [6.45, 7) is -0.326. The molecule has 8 nitrogen and oxygen atoms in total. The van der Waals surface area contributed by atoms with Crippen LogP contribution in [-0.2, 0) is 20.9 Å². The van der Waals surface area contributed by atoms with Crippen LogP contribution < -0.4 is 15.1 Å². The predicted octanol–water partition coefficient (Wildman–Crippen LogP) is 4.95. The summed E-state index contributed by atoms with van der Waals surface area (Å²) in [5.41, 5.74) is 1.48. The summed E-state index contributed by atoms with van der Waals surface area (Å²) >= 11 is 5.42. The maximum atomic E-state index is 13.9. The van der Waals surface area contributed by atoms with Crippen LogP contribution in [0.4, 0.5) is 15.8 Å². The van der Waals surface area contributed by atoms with E-state index in [4.69, 9.17) is 0 Å². The zero-order chi connectivity index (χ0) is 28.1. The lowest BCUT2D eigenvalue weighted by Crippen LogP contribution is -2.33. The number of aromatic hydroxyl groups is 1. The molecule has 12 heteroatoms. The van der Waals surface area contributed by atoms with Gasteiger partial charge in [-0.05, 0) is 66.2 Å². The van der Waals surface area contributed by atoms with E-state index in [1.54, 1.807) is 36.4 Å². The minimum Gasteiger partial charge on any atom is -0.508 e. The first-order chi connectivity index (χ1) is 19.2. The van der Waals surface area contributed by atoms with E-state index in [1.165, 1.54) is 45.9 Å². The normalized spacial score (nSPS) is 19.9. The van der Waals surface area contributed by atoms with Crippen molar-refractivity contribution >= 4 is 68.1 Å². The summed E-state index contributed by atoms with van der Waals surface area (Å²) in [5.74, 6) is -3.12. The van der Waals surface area contributed by atoms with E-state index in [0.717, 1.165) is 27.6 Å². The van der Waals surface area contributed by atoms with E-state index in [1.807, 2.05) is 0 Å². The SMILES string of the molecule is O=C(Cn1c2c(sc1=O)C(c1ccc(O)cc1)C1C(=O)N(c3ccc(Br)cc3)C(=O)C1S2)Nc1ccc(F)cc1. The molecule has 3 atom stereocenters. The van der Waals surface area contributed by atoms with Crippen LogP contribution in [0, 0.1) is 11.7 Å². The van der Waals surface area contributed by atoms with Crippen LogP contribution in [0.5, 0.6) is 5.75 Å². The topological polar surface area (TPSA) is 109 Å². The third kappa shape index (κ3) is 4.65. The number of amides is 3. The fourth-order valence-electron chi connectivity index (χ4n) is 5.02. The molecule has 4 aromatic rings. The van der Waals surface area contributed by atoms with Gasteiger partial charge in [-0.25, -0.2) is 9.29 Å². The summed E-state index contributed by atoms with van der Waals surface area (Å²) in [6.07, 6.45) is 0. The van der Waals surface area contributed by atoms with Crippen molar-refractivity contribution in [2.75, 3.05) is 10.2 Å². The molecule has 0 aliphatic carbocycles. The molecule has 202 valence electrons. The van der Waals surface area contributed by atoms with Crippen molar-refractivity contribution in [2.45, 2.75) is 22.7 Å². The van der Waals surface area contributed by atoms with Gasteiger partial charge >= 0.3 is 4.87 Å². The van der Waals surface area contributed by atoms with Gasteiger partial charge in [0.05, 0.1) is 16.6 Å². The third-order valence-electron chi connectivity index (χ3n) is 6.82. The molecule has 0 bridgehead atoms. The highest BCUT2D eigenvalue weighted by Gasteiger charge is 2.56. The first-order valence-electron chi connectivity index (χ1n) is 12.1. The van der Waals surface area contributed by atoms with Crippen molar-refractivity contribution in [3.63, 3.8) is 0 Å². The molecule has 2 aliphatic heterocycles. The first-order valence-corrected chi connectivity index (χ1v) is 14.6. The van der Waals surface area contributed by atoms with Gasteiger partial charge in [-0.1, -0.05) is 51.2 Å². The number of thioether (sulfide) groups is 1. The molecule has 1 fully saturated rings. The second-order valence-corrected chi connectivity index (χ2v) is 12.3. The van der Waals surface area contributed by atoms with E-state index in [0.29, 0.717) is 26.8 Å². The molecule has 6 rings (SSSR count). The third-order valence-corrected chi connectivity index (χ3v) is 9.95. The number of phenols is 1. The van der Waals surface area contributed by atoms with Crippen LogP contribution in [0.1, 0.15) is 16.4 Å². The Bertz CT molecular complexity index is 1700. The largest absolute Gasteiger partial charge is 0.508 e. The lowest BCUT2D eigenvalue weighted by molar-refractivity contribution is -0.122. The fourth-order valence-corrected chi connectivity index (χ4v) is 8.06. The number of rotatable bonds is 5. The second kappa shape index (κ2) is 10.3. The molecular formula is C28H19BrFN3O5S2. The molecule has 1 saturated heterocycles. The van der Waals surface area contributed by atoms with E-state index < -0.39 is 39.6 Å². The van der Waals surface area contributed by atoms with Gasteiger partial charge in [0.1, 0.15) is 23.4 Å². The molecule has 3 amide bonds. The molecule has 2 N–H and O–H groups in total. The Kier molecular flexibility index (Phi) is 6.85. The van der Waals surface area contributed by atoms with Crippen LogP contribution >= 0.6 is 39.0 Å². The Hall–Kier alpha value is -3.74. The molecule has 1 aromatic heterocycles. The maximum absolute atomic E-state index is 13.9. The van der Waals surface area contributed by atoms with E-state index in [9.17, 15) is 28.7 Å². The highest BCUT2D eigenvalue weighted by atomic mass is 79.9. The zero-order valence-corrected chi connectivity index (χ0v) is 23.6. The average molecular weight is 641 g/mol. The average Bonchev–Trinajstić information content (AvgIpc) is 3.37. The van der Waals surface area contributed by atoms with Crippen molar-refractivity contribution in [1.82, 2.24) is 4.57 Å². The van der Waals surface area contributed by atoms with Gasteiger partial charge in [0.2, 0.25) is 17.7 Å². The molecule has 3 unspecified atom stereocenters. The standard InChI is InChI=1S/C28H19BrFN3O5S2/c29-15-3-9-18(10-4-15)33-25(36)22-21(14-1-11-19(34)12-2-14)24-27(39-23(22)26(33)37)32(28(38)40-24)13-20(35)31-17-7-5-16(30)6-8-17/h1-12,21-23,34H,13H2,(H,31,35). The number of thiazole rings is 1. The molecule has 3 aromatic carbocycles. The van der Waals surface area contributed by atoms with Crippen molar-refractivity contribution in [2.24, 2.45) is 5.92 Å². The van der Waals surface area contributed by atoms with Crippen molar-refractivity contribution in [3.8, 4) is 5.75 Å². The number of hydrogen-bond acceptors (Lipinski definition) is 7. The molecule has 0 radical (unpaired) electrons. The molecule has 0 spiro atoms. The van der Waals surface area contributed by atoms with Gasteiger partial charge in [-0.2, -0.15) is 0 Å². The van der Waals surface area contributed by atoms with Gasteiger partial charge in [0.15, 0.2) is 0 Å². The van der Waals surface area contributed by atoms with E-state index >= 15 is 0 Å². The maximum Gasteiger partial charge on any atom is 0.308 e. The summed E-state index contributed by atoms with van der Waals surface area (Å²) in [5, 5.41) is 12.1. The number of carbonyl (C=O) groups is 3. The number of benzene rings is 3. The van der Waals surface area contributed by atoms with Crippen molar-refractivity contribution in [3.05, 3.63) is 103 Å². The van der Waals surface area contributed by atoms with Crippen LogP contribution in [0.25, 0.3) is 0 Å². The number of imide groups is 1. The smallest absolute Gasteiger partial charge is 0.308 e. The number of phenolic OH excluding ortho intramolecular Hbond substituents is 1. The number of halogens is 2. The monoisotopic (exact) mass is 639 g/mol. The Morgan fingerprint density at radius 2 is 1.62 bits per heavy atom. The quantitative estimate of drug-likeness (QED) is 0.299. The van der Waals surface area contributed by atoms with Crippen LogP contribution in [0.15, 0.2) is 87.1 Å². The van der Waals surface area contributed by atoms with Crippen molar-refractivity contribution in [1.29, 1.82) is 0 Å². The lowest BCUT2D eigenvalue weighted by atomic mass is 9.83. The second-order valence-electron chi connectivity index (χ2n) is 9.30. The van der Waals surface area contributed by atoms with Crippen molar-refractivity contribution < 1.29 is 23.9 Å². The Labute approximate surface area is 243 Å². The predicted molar refractivity (Wildman–Crippen MR) is 153 cm³/mol. The Morgan fingerprint density at radius 3 is 2.30 bits per heavy atom. The van der Waals surface area contributed by atoms with Gasteiger partial charge in [-0.15, -0.1) is 0 Å². The molecule has 40 heavy (non-hydrogen) atoms. The summed E-state index contributed by atoms with van der Waals surface area (Å²) in [4.78, 5) is 55.0. The van der Waals surface area contributed by atoms with Crippen LogP contribution in [-0.4, -0.2) is 32.6 Å². The van der Waals surface area contributed by atoms with Crippen LogP contribution in [0.3, 0.4) is 0 Å². The summed E-state index contributed by atoms with van der Waals surface area (Å²) < 4.78 is 15.4. The highest BCUT2D eigenvalue weighted by molar-refractivity contribution is 9.10. The first kappa shape index (κ1) is 26.5. The van der Waals surface area contributed by atoms with Gasteiger partial charge in [-0.3, -0.25) is 23.7 Å². The van der Waals surface area contributed by atoms with Gasteiger partial charge in [0.25, 0.3) is 0 Å². The lowest BCUT2D eigenvalue weighted by Gasteiger charge is -2.30. The van der Waals surface area contributed by atoms with Crippen LogP contribution in [0.2, 0.25) is 0 Å². The minimum absolute atomic E-state index is 0.0410. The van der Waals surface area contributed by atoms with Gasteiger partial charge in [0, 0.05) is 21.0 Å². The summed E-state index contributed by atoms with van der Waals surface area (Å²) in [6, 6.07) is 18.5. The van der Waals surface area contributed by atoms with Gasteiger partial charge < -0.3 is 10.4 Å².